The summed E-state index contributed by atoms with van der Waals surface area (Å²) in [6.07, 6.45) is 2.49. The molecule has 7 nitrogen and oxygen atoms in total. The summed E-state index contributed by atoms with van der Waals surface area (Å²) in [6.45, 7) is 7.56. The zero-order valence-corrected chi connectivity index (χ0v) is 16.3. The molecular formula is C21H24O7. The van der Waals surface area contributed by atoms with Gasteiger partial charge in [0, 0.05) is 5.56 Å². The molecule has 3 aliphatic rings. The maximum absolute atomic E-state index is 12.7. The summed E-state index contributed by atoms with van der Waals surface area (Å²) >= 11 is 0. The van der Waals surface area contributed by atoms with Crippen LogP contribution in [0.15, 0.2) is 24.3 Å². The number of carbonyl (C=O) groups excluding carboxylic acids is 1. The molecule has 28 heavy (non-hydrogen) atoms. The number of ether oxygens (including phenoxy) is 6. The number of hydrogen-bond donors (Lipinski definition) is 0. The second-order valence-electron chi connectivity index (χ2n) is 8.03. The molecule has 3 aliphatic heterocycles. The third-order valence-corrected chi connectivity index (χ3v) is 4.95. The lowest BCUT2D eigenvalue weighted by Crippen LogP contribution is -2.45. The van der Waals surface area contributed by atoms with Crippen molar-refractivity contribution in [2.75, 3.05) is 6.61 Å². The molecule has 4 rings (SSSR count). The van der Waals surface area contributed by atoms with Crippen LogP contribution in [0, 0.1) is 12.3 Å². The Kier molecular flexibility index (Phi) is 4.73. The Labute approximate surface area is 164 Å². The Bertz CT molecular complexity index is 792. The average molecular weight is 388 g/mol. The molecule has 5 atom stereocenters. The summed E-state index contributed by atoms with van der Waals surface area (Å²) in [4.78, 5) is 12.7. The normalized spacial score (nSPS) is 35.3. The molecule has 0 N–H and O–H groups in total. The first kappa shape index (κ1) is 19.4. The molecule has 0 radical (unpaired) electrons. The number of terminal acetylenes is 1. The van der Waals surface area contributed by atoms with Gasteiger partial charge in [-0.15, -0.1) is 6.42 Å². The fourth-order valence-electron chi connectivity index (χ4n) is 3.71. The number of rotatable bonds is 3. The van der Waals surface area contributed by atoms with Crippen molar-refractivity contribution in [3.63, 3.8) is 0 Å². The van der Waals surface area contributed by atoms with Crippen LogP contribution in [-0.4, -0.2) is 54.9 Å². The van der Waals surface area contributed by atoms with Crippen LogP contribution in [0.5, 0.6) is 0 Å². The van der Waals surface area contributed by atoms with Gasteiger partial charge in [-0.1, -0.05) is 5.92 Å². The molecule has 0 amide bonds. The summed E-state index contributed by atoms with van der Waals surface area (Å²) in [5.41, 5.74) is 1.08. The Morgan fingerprint density at radius 3 is 2.39 bits per heavy atom. The smallest absolute Gasteiger partial charge is 0.338 e. The third-order valence-electron chi connectivity index (χ3n) is 4.95. The van der Waals surface area contributed by atoms with E-state index in [1.54, 1.807) is 38.1 Å². The summed E-state index contributed by atoms with van der Waals surface area (Å²) in [6, 6.07) is 6.65. The second-order valence-corrected chi connectivity index (χ2v) is 8.03. The van der Waals surface area contributed by atoms with Crippen molar-refractivity contribution >= 4 is 5.97 Å². The number of carbonyl (C=O) groups is 1. The molecule has 0 unspecified atom stereocenters. The SMILES string of the molecule is C#Cc1ccc(C(=O)O[C@@H]2[C@H]3OC(C)(C)O[C@H]3O[C@@H]2[C@H]2COC(C)(C)O2)cc1. The molecule has 150 valence electrons. The highest BCUT2D eigenvalue weighted by atomic mass is 16.8. The van der Waals surface area contributed by atoms with E-state index in [9.17, 15) is 4.79 Å². The summed E-state index contributed by atoms with van der Waals surface area (Å²) in [5, 5.41) is 0. The minimum absolute atomic E-state index is 0.325. The van der Waals surface area contributed by atoms with Crippen molar-refractivity contribution in [1.29, 1.82) is 0 Å². The zero-order valence-electron chi connectivity index (χ0n) is 16.3. The highest BCUT2D eigenvalue weighted by Crippen LogP contribution is 2.42. The van der Waals surface area contributed by atoms with E-state index in [0.29, 0.717) is 17.7 Å². The van der Waals surface area contributed by atoms with Gasteiger partial charge in [0.1, 0.15) is 12.2 Å². The zero-order chi connectivity index (χ0) is 20.1. The lowest BCUT2D eigenvalue weighted by atomic mass is 10.1. The highest BCUT2D eigenvalue weighted by molar-refractivity contribution is 5.89. The van der Waals surface area contributed by atoms with E-state index < -0.39 is 48.2 Å². The number of hydrogen-bond acceptors (Lipinski definition) is 7. The van der Waals surface area contributed by atoms with Gasteiger partial charge in [0.05, 0.1) is 12.2 Å². The van der Waals surface area contributed by atoms with Crippen molar-refractivity contribution in [2.24, 2.45) is 0 Å². The Hall–Kier alpha value is -1.95. The highest BCUT2D eigenvalue weighted by Gasteiger charge is 2.60. The van der Waals surface area contributed by atoms with Crippen molar-refractivity contribution in [3.05, 3.63) is 35.4 Å². The molecule has 1 aromatic carbocycles. The van der Waals surface area contributed by atoms with Crippen LogP contribution in [0.4, 0.5) is 0 Å². The van der Waals surface area contributed by atoms with E-state index >= 15 is 0 Å². The van der Waals surface area contributed by atoms with Crippen molar-refractivity contribution in [2.45, 2.75) is 70.0 Å². The van der Waals surface area contributed by atoms with Gasteiger partial charge < -0.3 is 28.4 Å². The lowest BCUT2D eigenvalue weighted by Gasteiger charge is -2.28. The molecule has 0 aliphatic carbocycles. The fourth-order valence-corrected chi connectivity index (χ4v) is 3.71. The predicted octanol–water partition coefficient (Wildman–Crippen LogP) is 2.22. The predicted molar refractivity (Wildman–Crippen MR) is 97.2 cm³/mol. The second kappa shape index (κ2) is 6.83. The van der Waals surface area contributed by atoms with Gasteiger partial charge in [-0.3, -0.25) is 0 Å². The standard InChI is InChI=1S/C21H24O7/c1-6-12-7-9-13(10-8-12)18(22)24-16-15(14-11-23-20(2,3)26-14)25-19-17(16)27-21(4,5)28-19/h1,7-10,14-17,19H,11H2,2-5H3/t14-,15-,16+,17-,19-/m1/s1. The van der Waals surface area contributed by atoms with E-state index in [1.165, 1.54) is 0 Å². The minimum atomic E-state index is -0.828. The summed E-state index contributed by atoms with van der Waals surface area (Å²) in [7, 11) is 0. The summed E-state index contributed by atoms with van der Waals surface area (Å²) in [5.74, 6) is 0.469. The Morgan fingerprint density at radius 2 is 1.79 bits per heavy atom. The number of fused-ring (bicyclic) bond motifs is 1. The molecule has 3 heterocycles. The number of benzene rings is 1. The molecule has 0 spiro atoms. The average Bonchev–Trinajstić information content (AvgIpc) is 3.25. The topological polar surface area (TPSA) is 72.5 Å². The van der Waals surface area contributed by atoms with Crippen LogP contribution < -0.4 is 0 Å². The van der Waals surface area contributed by atoms with Gasteiger partial charge in [-0.25, -0.2) is 4.79 Å². The van der Waals surface area contributed by atoms with Gasteiger partial charge in [0.25, 0.3) is 0 Å². The molecule has 7 heteroatoms. The van der Waals surface area contributed by atoms with Crippen LogP contribution >= 0.6 is 0 Å². The van der Waals surface area contributed by atoms with Crippen LogP contribution in [0.1, 0.15) is 43.6 Å². The van der Waals surface area contributed by atoms with Crippen molar-refractivity contribution in [1.82, 2.24) is 0 Å². The molecule has 3 saturated heterocycles. The van der Waals surface area contributed by atoms with Gasteiger partial charge in [0.2, 0.25) is 0 Å². The largest absolute Gasteiger partial charge is 0.453 e. The Morgan fingerprint density at radius 1 is 1.07 bits per heavy atom. The van der Waals surface area contributed by atoms with Gasteiger partial charge >= 0.3 is 5.97 Å². The van der Waals surface area contributed by atoms with Crippen LogP contribution in [0.3, 0.4) is 0 Å². The molecule has 1 aromatic rings. The first-order valence-electron chi connectivity index (χ1n) is 9.28. The van der Waals surface area contributed by atoms with E-state index in [4.69, 9.17) is 34.8 Å². The molecule has 0 bridgehead atoms. The van der Waals surface area contributed by atoms with Crippen molar-refractivity contribution in [3.8, 4) is 12.3 Å². The van der Waals surface area contributed by atoms with E-state index in [2.05, 4.69) is 5.92 Å². The Balaban J connectivity index is 1.54. The van der Waals surface area contributed by atoms with E-state index in [-0.39, 0.29) is 0 Å². The maximum Gasteiger partial charge on any atom is 0.338 e. The van der Waals surface area contributed by atoms with Gasteiger partial charge in [-0.05, 0) is 52.0 Å². The quantitative estimate of drug-likeness (QED) is 0.581. The van der Waals surface area contributed by atoms with Crippen LogP contribution in [0.25, 0.3) is 0 Å². The van der Waals surface area contributed by atoms with Gasteiger partial charge in [0.15, 0.2) is 30.1 Å². The summed E-state index contributed by atoms with van der Waals surface area (Å²) < 4.78 is 35.2. The molecule has 0 saturated carbocycles. The monoisotopic (exact) mass is 388 g/mol. The first-order valence-corrected chi connectivity index (χ1v) is 9.28. The minimum Gasteiger partial charge on any atom is -0.453 e. The molecule has 0 aromatic heterocycles. The molecular weight excluding hydrogens is 364 g/mol. The van der Waals surface area contributed by atoms with Crippen LogP contribution in [0.2, 0.25) is 0 Å². The molecule has 3 fully saturated rings. The lowest BCUT2D eigenvalue weighted by molar-refractivity contribution is -0.232. The third kappa shape index (κ3) is 3.66. The fraction of sp³-hybridized carbons (Fsp3) is 0.571. The first-order chi connectivity index (χ1) is 13.2. The van der Waals surface area contributed by atoms with E-state index in [1.807, 2.05) is 13.8 Å². The van der Waals surface area contributed by atoms with Crippen molar-refractivity contribution < 1.29 is 33.2 Å². The van der Waals surface area contributed by atoms with Crippen LogP contribution in [-0.2, 0) is 28.4 Å². The van der Waals surface area contributed by atoms with E-state index in [0.717, 1.165) is 0 Å². The number of esters is 1. The maximum atomic E-state index is 12.7. The van der Waals surface area contributed by atoms with Gasteiger partial charge in [-0.2, -0.15) is 0 Å².